The molecule has 1 amide bonds. The van der Waals surface area contributed by atoms with Crippen LogP contribution in [0.1, 0.15) is 303 Å². The van der Waals surface area contributed by atoms with Gasteiger partial charge in [0.05, 0.1) is 25.4 Å². The molecule has 6 heteroatoms. The standard InChI is InChI=1S/C57H109NO5/c1-3-5-7-9-11-13-15-17-19-21-22-25-29-33-37-41-45-49-55(60)54(53-59)58-56(61)50-46-42-38-34-30-26-24-28-32-36-40-44-48-52-63-57(62)51-47-43-39-35-31-27-23-20-18-16-14-12-10-8-6-4-2/h26,30,45,49,54-55,59-60H,3-25,27-29,31-44,46-48,50-53H2,1-2H3,(H,58,61)/b30-26-,49-45+. The van der Waals surface area contributed by atoms with Gasteiger partial charge < -0.3 is 20.3 Å². The van der Waals surface area contributed by atoms with Crippen molar-refractivity contribution in [2.75, 3.05) is 13.2 Å². The molecule has 0 aromatic heterocycles. The van der Waals surface area contributed by atoms with Crippen LogP contribution >= 0.6 is 0 Å². The van der Waals surface area contributed by atoms with E-state index in [9.17, 15) is 19.8 Å². The molecule has 0 spiro atoms. The summed E-state index contributed by atoms with van der Waals surface area (Å²) in [4.78, 5) is 24.5. The number of rotatable bonds is 52. The zero-order valence-electron chi connectivity index (χ0n) is 42.3. The Kier molecular flexibility index (Phi) is 51.6. The van der Waals surface area contributed by atoms with E-state index in [2.05, 4.69) is 31.3 Å². The Bertz CT molecular complexity index is 982. The topological polar surface area (TPSA) is 95.9 Å². The van der Waals surface area contributed by atoms with Crippen molar-refractivity contribution in [3.05, 3.63) is 24.3 Å². The Morgan fingerprint density at radius 1 is 0.429 bits per heavy atom. The lowest BCUT2D eigenvalue weighted by atomic mass is 10.0. The van der Waals surface area contributed by atoms with Gasteiger partial charge in [0.25, 0.3) is 0 Å². The lowest BCUT2D eigenvalue weighted by Crippen LogP contribution is -2.45. The van der Waals surface area contributed by atoms with Crippen molar-refractivity contribution in [1.29, 1.82) is 0 Å². The Balaban J connectivity index is 3.51. The molecule has 0 fully saturated rings. The molecule has 0 heterocycles. The van der Waals surface area contributed by atoms with E-state index in [4.69, 9.17) is 4.74 Å². The number of amides is 1. The average Bonchev–Trinajstić information content (AvgIpc) is 3.28. The number of carbonyl (C=O) groups is 2. The maximum atomic E-state index is 12.4. The van der Waals surface area contributed by atoms with Crippen molar-refractivity contribution >= 4 is 11.9 Å². The molecule has 0 aromatic rings. The largest absolute Gasteiger partial charge is 0.466 e. The first-order valence-electron chi connectivity index (χ1n) is 28.1. The van der Waals surface area contributed by atoms with Crippen LogP contribution < -0.4 is 5.32 Å². The zero-order valence-corrected chi connectivity index (χ0v) is 42.3. The molecule has 0 rings (SSSR count). The van der Waals surface area contributed by atoms with Gasteiger partial charge in [-0.05, 0) is 57.8 Å². The maximum Gasteiger partial charge on any atom is 0.305 e. The van der Waals surface area contributed by atoms with Crippen molar-refractivity contribution in [1.82, 2.24) is 5.32 Å². The van der Waals surface area contributed by atoms with Gasteiger partial charge in [-0.2, -0.15) is 0 Å². The van der Waals surface area contributed by atoms with Crippen molar-refractivity contribution in [3.8, 4) is 0 Å². The first-order valence-corrected chi connectivity index (χ1v) is 28.1. The van der Waals surface area contributed by atoms with E-state index in [1.54, 1.807) is 6.08 Å². The SMILES string of the molecule is CCCCCCCCCCCCCCCCC/C=C/C(O)C(CO)NC(=O)CCCCC/C=C\CCCCCCCCOC(=O)CCCCCCCCCCCCCCCCCC. The number of allylic oxidation sites excluding steroid dienone is 3. The highest BCUT2D eigenvalue weighted by Crippen LogP contribution is 2.16. The van der Waals surface area contributed by atoms with Gasteiger partial charge >= 0.3 is 5.97 Å². The summed E-state index contributed by atoms with van der Waals surface area (Å²) in [6.07, 6.45) is 63.3. The number of nitrogens with one attached hydrogen (secondary N) is 1. The van der Waals surface area contributed by atoms with Crippen molar-refractivity contribution in [3.63, 3.8) is 0 Å². The fraction of sp³-hybridized carbons (Fsp3) is 0.895. The molecule has 0 aliphatic heterocycles. The number of aliphatic hydroxyl groups excluding tert-OH is 2. The third-order valence-corrected chi connectivity index (χ3v) is 13.0. The van der Waals surface area contributed by atoms with E-state index in [1.807, 2.05) is 6.08 Å². The lowest BCUT2D eigenvalue weighted by Gasteiger charge is -2.19. The molecule has 0 saturated heterocycles. The summed E-state index contributed by atoms with van der Waals surface area (Å²) >= 11 is 0. The van der Waals surface area contributed by atoms with Crippen LogP contribution in [0.25, 0.3) is 0 Å². The Morgan fingerprint density at radius 3 is 1.14 bits per heavy atom. The van der Waals surface area contributed by atoms with Gasteiger partial charge in [-0.1, -0.05) is 256 Å². The number of ether oxygens (including phenoxy) is 1. The van der Waals surface area contributed by atoms with Gasteiger partial charge in [-0.3, -0.25) is 9.59 Å². The number of hydrogen-bond donors (Lipinski definition) is 3. The summed E-state index contributed by atoms with van der Waals surface area (Å²) in [5.74, 6) is -0.107. The van der Waals surface area contributed by atoms with Gasteiger partial charge in [0, 0.05) is 12.8 Å². The zero-order chi connectivity index (χ0) is 45.8. The van der Waals surface area contributed by atoms with Crippen molar-refractivity contribution < 1.29 is 24.5 Å². The normalized spacial score (nSPS) is 12.8. The van der Waals surface area contributed by atoms with Crippen LogP contribution in [0.2, 0.25) is 0 Å². The van der Waals surface area contributed by atoms with E-state index >= 15 is 0 Å². The van der Waals surface area contributed by atoms with Crippen LogP contribution in [0.3, 0.4) is 0 Å². The smallest absolute Gasteiger partial charge is 0.305 e. The minimum atomic E-state index is -0.861. The Morgan fingerprint density at radius 2 is 0.746 bits per heavy atom. The molecule has 0 aromatic carbocycles. The molecule has 2 unspecified atom stereocenters. The fourth-order valence-corrected chi connectivity index (χ4v) is 8.63. The van der Waals surface area contributed by atoms with Crippen LogP contribution in [0.5, 0.6) is 0 Å². The molecule has 63 heavy (non-hydrogen) atoms. The first kappa shape index (κ1) is 61.3. The fourth-order valence-electron chi connectivity index (χ4n) is 8.63. The second-order valence-corrected chi connectivity index (χ2v) is 19.3. The minimum Gasteiger partial charge on any atom is -0.466 e. The molecule has 0 aliphatic carbocycles. The summed E-state index contributed by atoms with van der Waals surface area (Å²) in [5, 5.41) is 23.1. The number of esters is 1. The van der Waals surface area contributed by atoms with E-state index in [-0.39, 0.29) is 18.5 Å². The summed E-state index contributed by atoms with van der Waals surface area (Å²) in [5.41, 5.74) is 0. The van der Waals surface area contributed by atoms with Crippen LogP contribution in [0.15, 0.2) is 24.3 Å². The second-order valence-electron chi connectivity index (χ2n) is 19.3. The molecule has 6 nitrogen and oxygen atoms in total. The summed E-state index contributed by atoms with van der Waals surface area (Å²) in [6.45, 7) is 4.88. The monoisotopic (exact) mass is 888 g/mol. The highest BCUT2D eigenvalue weighted by atomic mass is 16.5. The Hall–Kier alpha value is -1.66. The van der Waals surface area contributed by atoms with E-state index in [0.717, 1.165) is 70.6 Å². The molecule has 0 bridgehead atoms. The predicted molar refractivity (Wildman–Crippen MR) is 273 cm³/mol. The number of hydrogen-bond acceptors (Lipinski definition) is 5. The third-order valence-electron chi connectivity index (χ3n) is 13.0. The van der Waals surface area contributed by atoms with Gasteiger partial charge in [0.2, 0.25) is 5.91 Å². The number of aliphatic hydroxyl groups is 2. The van der Waals surface area contributed by atoms with Gasteiger partial charge in [0.15, 0.2) is 0 Å². The van der Waals surface area contributed by atoms with Gasteiger partial charge in [-0.15, -0.1) is 0 Å². The molecule has 0 aliphatic rings. The maximum absolute atomic E-state index is 12.4. The average molecular weight is 889 g/mol. The van der Waals surface area contributed by atoms with Crippen LogP contribution in [0, 0.1) is 0 Å². The molecule has 2 atom stereocenters. The van der Waals surface area contributed by atoms with E-state index < -0.39 is 12.1 Å². The number of carbonyl (C=O) groups excluding carboxylic acids is 2. The minimum absolute atomic E-state index is 0.0104. The van der Waals surface area contributed by atoms with Gasteiger partial charge in [-0.25, -0.2) is 0 Å². The molecule has 3 N–H and O–H groups in total. The van der Waals surface area contributed by atoms with Crippen molar-refractivity contribution in [2.24, 2.45) is 0 Å². The van der Waals surface area contributed by atoms with Crippen LogP contribution in [-0.2, 0) is 14.3 Å². The van der Waals surface area contributed by atoms with Crippen molar-refractivity contribution in [2.45, 2.75) is 315 Å². The summed E-state index contributed by atoms with van der Waals surface area (Å²) in [7, 11) is 0. The summed E-state index contributed by atoms with van der Waals surface area (Å²) < 4.78 is 5.47. The summed E-state index contributed by atoms with van der Waals surface area (Å²) in [6, 6.07) is -0.648. The predicted octanol–water partition coefficient (Wildman–Crippen LogP) is 17.1. The molecular formula is C57H109NO5. The van der Waals surface area contributed by atoms with Crippen LogP contribution in [0.4, 0.5) is 0 Å². The lowest BCUT2D eigenvalue weighted by molar-refractivity contribution is -0.143. The third kappa shape index (κ3) is 49.6. The highest BCUT2D eigenvalue weighted by Gasteiger charge is 2.18. The van der Waals surface area contributed by atoms with E-state index in [0.29, 0.717) is 19.4 Å². The first-order chi connectivity index (χ1) is 31.0. The molecular weight excluding hydrogens is 779 g/mol. The quantitative estimate of drug-likeness (QED) is 0.0321. The van der Waals surface area contributed by atoms with Gasteiger partial charge in [0.1, 0.15) is 0 Å². The second kappa shape index (κ2) is 53.0. The number of unbranched alkanes of at least 4 members (excludes halogenated alkanes) is 39. The Labute approximate surface area is 392 Å². The van der Waals surface area contributed by atoms with E-state index in [1.165, 1.54) is 205 Å². The molecule has 0 radical (unpaired) electrons. The molecule has 372 valence electrons. The van der Waals surface area contributed by atoms with Crippen LogP contribution in [-0.4, -0.2) is 47.4 Å². The highest BCUT2D eigenvalue weighted by molar-refractivity contribution is 5.76. The molecule has 0 saturated carbocycles.